The summed E-state index contributed by atoms with van der Waals surface area (Å²) < 4.78 is 39.9. The van der Waals surface area contributed by atoms with Gasteiger partial charge in [0, 0.05) is 76.9 Å². The summed E-state index contributed by atoms with van der Waals surface area (Å²) in [5.41, 5.74) is -0.877. The molecule has 0 aliphatic carbocycles. The van der Waals surface area contributed by atoms with Gasteiger partial charge >= 0.3 is 12.2 Å². The van der Waals surface area contributed by atoms with Crippen LogP contribution in [0.15, 0.2) is 6.07 Å². The summed E-state index contributed by atoms with van der Waals surface area (Å²) in [6.45, 7) is 15.7. The Bertz CT molecular complexity index is 818. The number of amides is 2. The Morgan fingerprint density at radius 2 is 1.63 bits per heavy atom. The number of unbranched alkanes of at least 4 members (excludes halogenated alkanes) is 1. The van der Waals surface area contributed by atoms with Gasteiger partial charge in [-0.15, -0.1) is 0 Å². The Kier molecular flexibility index (Phi) is 9.57. The number of hydrogen-bond donors (Lipinski definition) is 1. The van der Waals surface area contributed by atoms with Gasteiger partial charge in [-0.05, 0) is 33.2 Å². The zero-order valence-electron chi connectivity index (χ0n) is 21.4. The van der Waals surface area contributed by atoms with Crippen LogP contribution in [0.25, 0.3) is 0 Å². The van der Waals surface area contributed by atoms with Gasteiger partial charge in [-0.3, -0.25) is 9.80 Å². The van der Waals surface area contributed by atoms with E-state index in [2.05, 4.69) is 38.9 Å². The number of hydrogen-bond acceptors (Lipinski definition) is 6. The molecule has 1 aromatic rings. The Labute approximate surface area is 206 Å². The van der Waals surface area contributed by atoms with E-state index in [1.165, 1.54) is 0 Å². The lowest BCUT2D eigenvalue weighted by molar-refractivity contribution is -0.141. The van der Waals surface area contributed by atoms with E-state index in [0.717, 1.165) is 64.7 Å². The minimum atomic E-state index is -4.49. The molecule has 3 heterocycles. The number of halogens is 3. The Morgan fingerprint density at radius 3 is 2.20 bits per heavy atom. The van der Waals surface area contributed by atoms with Gasteiger partial charge < -0.3 is 15.1 Å². The van der Waals surface area contributed by atoms with Gasteiger partial charge in [-0.25, -0.2) is 14.8 Å². The molecule has 11 heteroatoms. The van der Waals surface area contributed by atoms with Crippen molar-refractivity contribution in [1.82, 2.24) is 30.0 Å². The zero-order valence-corrected chi connectivity index (χ0v) is 21.4. The molecule has 2 amide bonds. The molecule has 0 unspecified atom stereocenters. The third-order valence-corrected chi connectivity index (χ3v) is 6.74. The van der Waals surface area contributed by atoms with Crippen LogP contribution in [0.5, 0.6) is 0 Å². The smallest absolute Gasteiger partial charge is 0.354 e. The number of nitrogens with zero attached hydrogens (tertiary/aromatic N) is 6. The van der Waals surface area contributed by atoms with E-state index in [-0.39, 0.29) is 17.8 Å². The average molecular weight is 500 g/mol. The largest absolute Gasteiger partial charge is 0.433 e. The van der Waals surface area contributed by atoms with E-state index in [1.54, 1.807) is 13.8 Å². The van der Waals surface area contributed by atoms with Gasteiger partial charge in [0.15, 0.2) is 0 Å². The number of aromatic nitrogens is 2. The van der Waals surface area contributed by atoms with Crippen molar-refractivity contribution in [3.63, 3.8) is 0 Å². The van der Waals surface area contributed by atoms with Crippen molar-refractivity contribution in [2.24, 2.45) is 0 Å². The highest BCUT2D eigenvalue weighted by Gasteiger charge is 2.34. The number of alkyl halides is 3. The van der Waals surface area contributed by atoms with E-state index >= 15 is 0 Å². The van der Waals surface area contributed by atoms with Crippen molar-refractivity contribution in [2.45, 2.75) is 58.7 Å². The third kappa shape index (κ3) is 7.93. The summed E-state index contributed by atoms with van der Waals surface area (Å²) in [4.78, 5) is 29.0. The van der Waals surface area contributed by atoms with Crippen molar-refractivity contribution < 1.29 is 18.0 Å². The SMILES string of the molecule is CC(C)c1nc(N2CCN(CCCCNC(=O)N3CCN(C(C)C)CC3)CC2)cc(C(F)(F)F)n1. The second kappa shape index (κ2) is 12.2. The van der Waals surface area contributed by atoms with E-state index in [9.17, 15) is 18.0 Å². The molecule has 1 aromatic heterocycles. The molecule has 3 rings (SSSR count). The molecule has 0 saturated carbocycles. The van der Waals surface area contributed by atoms with E-state index in [0.29, 0.717) is 31.5 Å². The molecule has 198 valence electrons. The number of rotatable bonds is 8. The molecule has 2 saturated heterocycles. The molecule has 0 radical (unpaired) electrons. The molecule has 1 N–H and O–H groups in total. The predicted octanol–water partition coefficient (Wildman–Crippen LogP) is 3.26. The van der Waals surface area contributed by atoms with Gasteiger partial charge in [0.1, 0.15) is 17.3 Å². The molecular weight excluding hydrogens is 459 g/mol. The Hall–Kier alpha value is -2.14. The quantitative estimate of drug-likeness (QED) is 0.554. The van der Waals surface area contributed by atoms with Crippen molar-refractivity contribution in [2.75, 3.05) is 70.3 Å². The summed E-state index contributed by atoms with van der Waals surface area (Å²) in [7, 11) is 0. The minimum absolute atomic E-state index is 0.0193. The van der Waals surface area contributed by atoms with Gasteiger partial charge in [-0.1, -0.05) is 13.8 Å². The molecule has 35 heavy (non-hydrogen) atoms. The van der Waals surface area contributed by atoms with Crippen LogP contribution < -0.4 is 10.2 Å². The number of carbonyl (C=O) groups is 1. The molecule has 0 spiro atoms. The fourth-order valence-electron chi connectivity index (χ4n) is 4.43. The summed E-state index contributed by atoms with van der Waals surface area (Å²) in [6, 6.07) is 1.59. The van der Waals surface area contributed by atoms with Crippen LogP contribution in [-0.4, -0.2) is 102 Å². The molecular formula is C24H40F3N7O. The fraction of sp³-hybridized carbons (Fsp3) is 0.792. The predicted molar refractivity (Wildman–Crippen MR) is 131 cm³/mol. The summed E-state index contributed by atoms with van der Waals surface area (Å²) in [6.07, 6.45) is -2.62. The topological polar surface area (TPSA) is 67.8 Å². The maximum Gasteiger partial charge on any atom is 0.433 e. The molecule has 2 aliphatic heterocycles. The van der Waals surface area contributed by atoms with E-state index in [4.69, 9.17) is 0 Å². The van der Waals surface area contributed by atoms with E-state index < -0.39 is 11.9 Å². The van der Waals surface area contributed by atoms with Crippen molar-refractivity contribution in [3.05, 3.63) is 17.6 Å². The fourth-order valence-corrected chi connectivity index (χ4v) is 4.43. The van der Waals surface area contributed by atoms with Crippen molar-refractivity contribution in [3.8, 4) is 0 Å². The number of carbonyl (C=O) groups excluding carboxylic acids is 1. The molecule has 2 aliphatic rings. The van der Waals surface area contributed by atoms with Gasteiger partial charge in [0.2, 0.25) is 0 Å². The second-order valence-electron chi connectivity index (χ2n) is 10.0. The first kappa shape index (κ1) is 27.4. The number of urea groups is 1. The molecule has 0 bridgehead atoms. The third-order valence-electron chi connectivity index (χ3n) is 6.74. The van der Waals surface area contributed by atoms with Crippen LogP contribution in [-0.2, 0) is 6.18 Å². The van der Waals surface area contributed by atoms with Crippen LogP contribution in [0.1, 0.15) is 58.0 Å². The maximum atomic E-state index is 13.3. The second-order valence-corrected chi connectivity index (χ2v) is 10.0. The lowest BCUT2D eigenvalue weighted by Gasteiger charge is -2.37. The van der Waals surface area contributed by atoms with Gasteiger partial charge in [0.05, 0.1) is 0 Å². The molecule has 0 aromatic carbocycles. The van der Waals surface area contributed by atoms with Crippen LogP contribution in [0, 0.1) is 0 Å². The van der Waals surface area contributed by atoms with Gasteiger partial charge in [-0.2, -0.15) is 13.2 Å². The lowest BCUT2D eigenvalue weighted by Crippen LogP contribution is -2.53. The zero-order chi connectivity index (χ0) is 25.6. The lowest BCUT2D eigenvalue weighted by atomic mass is 10.2. The highest BCUT2D eigenvalue weighted by molar-refractivity contribution is 5.74. The van der Waals surface area contributed by atoms with E-state index in [1.807, 2.05) is 9.80 Å². The van der Waals surface area contributed by atoms with Crippen LogP contribution in [0.2, 0.25) is 0 Å². The Balaban J connectivity index is 1.36. The standard InChI is InChI=1S/C24H40F3N7O/c1-18(2)22-29-20(24(25,26)27)17-21(30-22)33-11-9-31(10-12-33)8-6-5-7-28-23(35)34-15-13-32(14-16-34)19(3)4/h17-19H,5-16H2,1-4H3,(H,28,35). The first-order valence-corrected chi connectivity index (χ1v) is 12.7. The monoisotopic (exact) mass is 499 g/mol. The average Bonchev–Trinajstić information content (AvgIpc) is 2.83. The summed E-state index contributed by atoms with van der Waals surface area (Å²) >= 11 is 0. The van der Waals surface area contributed by atoms with Crippen LogP contribution >= 0.6 is 0 Å². The summed E-state index contributed by atoms with van der Waals surface area (Å²) in [5, 5.41) is 3.03. The summed E-state index contributed by atoms with van der Waals surface area (Å²) in [5.74, 6) is 0.399. The van der Waals surface area contributed by atoms with Crippen LogP contribution in [0.3, 0.4) is 0 Å². The first-order valence-electron chi connectivity index (χ1n) is 12.7. The number of anilines is 1. The van der Waals surface area contributed by atoms with Crippen molar-refractivity contribution in [1.29, 1.82) is 0 Å². The van der Waals surface area contributed by atoms with Crippen molar-refractivity contribution >= 4 is 11.8 Å². The highest BCUT2D eigenvalue weighted by atomic mass is 19.4. The Morgan fingerprint density at radius 1 is 0.971 bits per heavy atom. The highest BCUT2D eigenvalue weighted by Crippen LogP contribution is 2.31. The molecule has 2 fully saturated rings. The normalized spacial score (nSPS) is 18.5. The maximum absolute atomic E-state index is 13.3. The van der Waals surface area contributed by atoms with Crippen LogP contribution in [0.4, 0.5) is 23.8 Å². The minimum Gasteiger partial charge on any atom is -0.354 e. The molecule has 0 atom stereocenters. The number of piperazine rings is 2. The molecule has 8 nitrogen and oxygen atoms in total. The first-order chi connectivity index (χ1) is 16.5. The van der Waals surface area contributed by atoms with Gasteiger partial charge in [0.25, 0.3) is 0 Å². The number of nitrogens with one attached hydrogen (secondary N) is 1.